The van der Waals surface area contributed by atoms with Gasteiger partial charge in [0, 0.05) is 6.07 Å². The van der Waals surface area contributed by atoms with Crippen LogP contribution in [0, 0.1) is 11.6 Å². The molecule has 0 spiro atoms. The fourth-order valence-electron chi connectivity index (χ4n) is 1.85. The number of aromatic nitrogens is 4. The number of hydrogen-bond acceptors (Lipinski definition) is 4. The molecule has 0 aliphatic heterocycles. The van der Waals surface area contributed by atoms with Crippen molar-refractivity contribution >= 4 is 0 Å². The van der Waals surface area contributed by atoms with Gasteiger partial charge in [-0.2, -0.15) is 4.68 Å². The zero-order valence-corrected chi connectivity index (χ0v) is 11.2. The van der Waals surface area contributed by atoms with Gasteiger partial charge in [-0.3, -0.25) is 0 Å². The van der Waals surface area contributed by atoms with E-state index in [-0.39, 0.29) is 23.9 Å². The van der Waals surface area contributed by atoms with Crippen LogP contribution in [0.3, 0.4) is 0 Å². The van der Waals surface area contributed by atoms with E-state index < -0.39 is 11.5 Å². The number of halogens is 2. The summed E-state index contributed by atoms with van der Waals surface area (Å²) in [6.07, 6.45) is 0. The van der Waals surface area contributed by atoms with Crippen molar-refractivity contribution in [3.05, 3.63) is 70.1 Å². The third-order valence-electron chi connectivity index (χ3n) is 2.94. The number of nitrogens with one attached hydrogen (secondary N) is 1. The highest BCUT2D eigenvalue weighted by molar-refractivity contribution is 5.38. The Hall–Kier alpha value is -3.03. The summed E-state index contributed by atoms with van der Waals surface area (Å²) in [6, 6.07) is 9.80. The summed E-state index contributed by atoms with van der Waals surface area (Å²) >= 11 is 0. The molecular formula is C14H10F2N4O2. The van der Waals surface area contributed by atoms with Crippen molar-refractivity contribution in [3.63, 3.8) is 0 Å². The Kier molecular flexibility index (Phi) is 3.65. The van der Waals surface area contributed by atoms with Crippen LogP contribution in [0.25, 0.3) is 5.69 Å². The number of nitrogens with zero attached hydrogens (tertiary/aromatic N) is 3. The van der Waals surface area contributed by atoms with Crippen molar-refractivity contribution in [1.82, 2.24) is 20.2 Å². The first-order valence-corrected chi connectivity index (χ1v) is 6.31. The third-order valence-corrected chi connectivity index (χ3v) is 2.94. The van der Waals surface area contributed by atoms with Crippen LogP contribution in [0.5, 0.6) is 5.75 Å². The molecule has 0 saturated carbocycles. The molecule has 2 aromatic carbocycles. The number of tetrazole rings is 1. The van der Waals surface area contributed by atoms with E-state index in [0.29, 0.717) is 0 Å². The van der Waals surface area contributed by atoms with E-state index in [2.05, 4.69) is 15.5 Å². The molecule has 3 rings (SSSR count). The van der Waals surface area contributed by atoms with Gasteiger partial charge in [-0.15, -0.1) is 0 Å². The number of hydrogen-bond donors (Lipinski definition) is 1. The largest absolute Gasteiger partial charge is 0.489 e. The molecule has 6 nitrogen and oxygen atoms in total. The molecule has 0 amide bonds. The SMILES string of the molecule is O=c1[nH]nnn1-c1ccc(OCc2ccc(F)cc2)cc1F. The summed E-state index contributed by atoms with van der Waals surface area (Å²) < 4.78 is 33.0. The molecule has 0 saturated heterocycles. The van der Waals surface area contributed by atoms with E-state index in [1.807, 2.05) is 0 Å². The minimum absolute atomic E-state index is 0.0344. The highest BCUT2D eigenvalue weighted by Gasteiger charge is 2.10. The Labute approximate surface area is 123 Å². The van der Waals surface area contributed by atoms with Gasteiger partial charge in [0.1, 0.15) is 23.9 Å². The molecule has 1 N–H and O–H groups in total. The van der Waals surface area contributed by atoms with Gasteiger partial charge in [0.2, 0.25) is 0 Å². The smallest absolute Gasteiger partial charge is 0.365 e. The van der Waals surface area contributed by atoms with Gasteiger partial charge < -0.3 is 4.74 Å². The van der Waals surface area contributed by atoms with E-state index in [1.54, 1.807) is 12.1 Å². The predicted octanol–water partition coefficient (Wildman–Crippen LogP) is 1.81. The number of aromatic amines is 1. The monoisotopic (exact) mass is 304 g/mol. The van der Waals surface area contributed by atoms with Crippen LogP contribution in [0.2, 0.25) is 0 Å². The lowest BCUT2D eigenvalue weighted by Gasteiger charge is -2.08. The number of H-pyrrole nitrogens is 1. The highest BCUT2D eigenvalue weighted by atomic mass is 19.1. The lowest BCUT2D eigenvalue weighted by atomic mass is 10.2. The van der Waals surface area contributed by atoms with Gasteiger partial charge in [-0.25, -0.2) is 18.7 Å². The number of rotatable bonds is 4. The van der Waals surface area contributed by atoms with Crippen molar-refractivity contribution in [2.45, 2.75) is 6.61 Å². The van der Waals surface area contributed by atoms with E-state index in [9.17, 15) is 13.6 Å². The topological polar surface area (TPSA) is 72.8 Å². The number of benzene rings is 2. The fraction of sp³-hybridized carbons (Fsp3) is 0.0714. The van der Waals surface area contributed by atoms with Gasteiger partial charge in [0.15, 0.2) is 5.82 Å². The fourth-order valence-corrected chi connectivity index (χ4v) is 1.85. The molecule has 0 aliphatic rings. The van der Waals surface area contributed by atoms with E-state index in [1.165, 1.54) is 24.3 Å². The Balaban J connectivity index is 1.76. The molecule has 1 aromatic heterocycles. The van der Waals surface area contributed by atoms with E-state index in [0.717, 1.165) is 16.3 Å². The van der Waals surface area contributed by atoms with Gasteiger partial charge in [-0.05, 0) is 40.3 Å². The Morgan fingerprint density at radius 3 is 2.55 bits per heavy atom. The average molecular weight is 304 g/mol. The van der Waals surface area contributed by atoms with E-state index in [4.69, 9.17) is 4.74 Å². The maximum Gasteiger partial charge on any atom is 0.365 e. The molecule has 0 aliphatic carbocycles. The third kappa shape index (κ3) is 2.85. The van der Waals surface area contributed by atoms with Crippen molar-refractivity contribution in [1.29, 1.82) is 0 Å². The predicted molar refractivity (Wildman–Crippen MR) is 72.7 cm³/mol. The molecule has 0 radical (unpaired) electrons. The summed E-state index contributed by atoms with van der Waals surface area (Å²) in [5.74, 6) is -0.730. The summed E-state index contributed by atoms with van der Waals surface area (Å²) in [6.45, 7) is 0.170. The summed E-state index contributed by atoms with van der Waals surface area (Å²) in [4.78, 5) is 11.3. The lowest BCUT2D eigenvalue weighted by Crippen LogP contribution is -2.17. The lowest BCUT2D eigenvalue weighted by molar-refractivity contribution is 0.304. The second-order valence-corrected chi connectivity index (χ2v) is 4.45. The molecular weight excluding hydrogens is 294 g/mol. The van der Waals surface area contributed by atoms with Crippen molar-refractivity contribution in [2.24, 2.45) is 0 Å². The maximum atomic E-state index is 14.0. The molecule has 8 heteroatoms. The second-order valence-electron chi connectivity index (χ2n) is 4.45. The quantitative estimate of drug-likeness (QED) is 0.798. The van der Waals surface area contributed by atoms with Crippen LogP contribution in [0.4, 0.5) is 8.78 Å². The molecule has 0 atom stereocenters. The van der Waals surface area contributed by atoms with E-state index >= 15 is 0 Å². The van der Waals surface area contributed by atoms with Crippen LogP contribution in [-0.2, 0) is 6.61 Å². The molecule has 0 unspecified atom stereocenters. The first-order chi connectivity index (χ1) is 10.6. The molecule has 1 heterocycles. The summed E-state index contributed by atoms with van der Waals surface area (Å²) in [5, 5.41) is 8.83. The molecule has 22 heavy (non-hydrogen) atoms. The van der Waals surface area contributed by atoms with Crippen molar-refractivity contribution in [2.75, 3.05) is 0 Å². The van der Waals surface area contributed by atoms with Crippen molar-refractivity contribution in [3.8, 4) is 11.4 Å². The van der Waals surface area contributed by atoms with Gasteiger partial charge in [0.05, 0.1) is 0 Å². The van der Waals surface area contributed by atoms with Gasteiger partial charge in [0.25, 0.3) is 0 Å². The number of ether oxygens (including phenoxy) is 1. The first kappa shape index (κ1) is 13.9. The normalized spacial score (nSPS) is 10.6. The minimum atomic E-state index is -0.674. The van der Waals surface area contributed by atoms with Crippen LogP contribution in [0.15, 0.2) is 47.3 Å². The highest BCUT2D eigenvalue weighted by Crippen LogP contribution is 2.19. The first-order valence-electron chi connectivity index (χ1n) is 6.31. The maximum absolute atomic E-state index is 14.0. The molecule has 0 fully saturated rings. The molecule has 112 valence electrons. The molecule has 0 bridgehead atoms. The summed E-state index contributed by atoms with van der Waals surface area (Å²) in [5.41, 5.74) is 0.0744. The zero-order chi connectivity index (χ0) is 15.5. The average Bonchev–Trinajstić information content (AvgIpc) is 2.93. The second kappa shape index (κ2) is 5.76. The van der Waals surface area contributed by atoms with Crippen LogP contribution in [0.1, 0.15) is 5.56 Å². The standard InChI is InChI=1S/C14H10F2N4O2/c15-10-3-1-9(2-4-10)8-22-11-5-6-13(12(16)7-11)20-14(21)17-18-19-20/h1-7H,8H2,(H,17,19,21). The minimum Gasteiger partial charge on any atom is -0.489 e. The van der Waals surface area contributed by atoms with Crippen LogP contribution < -0.4 is 10.4 Å². The Morgan fingerprint density at radius 1 is 1.14 bits per heavy atom. The van der Waals surface area contributed by atoms with Gasteiger partial charge in [-0.1, -0.05) is 12.1 Å². The summed E-state index contributed by atoms with van der Waals surface area (Å²) in [7, 11) is 0. The Morgan fingerprint density at radius 2 is 1.91 bits per heavy atom. The zero-order valence-electron chi connectivity index (χ0n) is 11.2. The van der Waals surface area contributed by atoms with Crippen LogP contribution in [-0.4, -0.2) is 20.2 Å². The van der Waals surface area contributed by atoms with Crippen LogP contribution >= 0.6 is 0 Å². The Bertz CT molecular complexity index is 843. The molecule has 3 aromatic rings. The van der Waals surface area contributed by atoms with Crippen molar-refractivity contribution < 1.29 is 13.5 Å². The van der Waals surface area contributed by atoms with Gasteiger partial charge >= 0.3 is 5.69 Å².